The number of aliphatic hydroxyl groups is 1. The minimum Gasteiger partial charge on any atom is -0.396 e. The van der Waals surface area contributed by atoms with E-state index in [-0.39, 0.29) is 6.61 Å². The van der Waals surface area contributed by atoms with Crippen molar-refractivity contribution in [1.29, 1.82) is 0 Å². The molecule has 2 fully saturated rings. The normalized spacial score (nSPS) is 24.4. The highest BCUT2D eigenvalue weighted by Crippen LogP contribution is 2.28. The van der Waals surface area contributed by atoms with E-state index in [0.29, 0.717) is 24.2 Å². The van der Waals surface area contributed by atoms with Gasteiger partial charge in [-0.15, -0.1) is 0 Å². The molecule has 1 aliphatic heterocycles. The van der Waals surface area contributed by atoms with Crippen LogP contribution < -0.4 is 0 Å². The third-order valence-electron chi connectivity index (χ3n) is 5.28. The number of benzene rings is 1. The van der Waals surface area contributed by atoms with E-state index in [1.54, 1.807) is 0 Å². The summed E-state index contributed by atoms with van der Waals surface area (Å²) in [4.78, 5) is 4.78. The molecule has 1 saturated carbocycles. The Morgan fingerprint density at radius 2 is 1.91 bits per heavy atom. The molecule has 1 heterocycles. The highest BCUT2D eigenvalue weighted by molar-refractivity contribution is 5.18. The lowest BCUT2D eigenvalue weighted by molar-refractivity contribution is 0.0263. The number of hydrogen-bond donors (Lipinski definition) is 1. The van der Waals surface area contributed by atoms with Gasteiger partial charge in [0.1, 0.15) is 11.6 Å². The number of hydrogen-bond acceptors (Lipinski definition) is 3. The van der Waals surface area contributed by atoms with Crippen LogP contribution in [0, 0.1) is 11.6 Å². The van der Waals surface area contributed by atoms with Gasteiger partial charge in [-0.05, 0) is 25.3 Å². The number of rotatable bonds is 5. The first kappa shape index (κ1) is 16.8. The van der Waals surface area contributed by atoms with E-state index in [9.17, 15) is 13.9 Å². The van der Waals surface area contributed by atoms with Crippen molar-refractivity contribution in [2.75, 3.05) is 26.2 Å². The maximum atomic E-state index is 13.9. The second-order valence-electron chi connectivity index (χ2n) is 6.81. The molecule has 3 rings (SSSR count). The lowest BCUT2D eigenvalue weighted by Gasteiger charge is -2.44. The molecule has 1 N–H and O–H groups in total. The Labute approximate surface area is 136 Å². The van der Waals surface area contributed by atoms with Crippen LogP contribution in [0.5, 0.6) is 0 Å². The molecular weight excluding hydrogens is 298 g/mol. The van der Waals surface area contributed by atoms with E-state index in [0.717, 1.165) is 32.1 Å². The van der Waals surface area contributed by atoms with E-state index in [1.807, 2.05) is 0 Å². The van der Waals surface area contributed by atoms with E-state index in [1.165, 1.54) is 37.8 Å². The minimum atomic E-state index is -0.532. The maximum absolute atomic E-state index is 13.9. The highest BCUT2D eigenvalue weighted by atomic mass is 19.1. The van der Waals surface area contributed by atoms with Gasteiger partial charge in [0, 0.05) is 56.5 Å². The monoisotopic (exact) mass is 324 g/mol. The van der Waals surface area contributed by atoms with Gasteiger partial charge < -0.3 is 5.11 Å². The lowest BCUT2D eigenvalue weighted by atomic mass is 10.0. The predicted molar refractivity (Wildman–Crippen MR) is 86.1 cm³/mol. The number of aliphatic hydroxyl groups excluding tert-OH is 1. The fourth-order valence-electron chi connectivity index (χ4n) is 4.09. The molecular formula is C18H26F2N2O. The molecule has 2 aliphatic rings. The van der Waals surface area contributed by atoms with Gasteiger partial charge in [0.2, 0.25) is 0 Å². The van der Waals surface area contributed by atoms with Crippen molar-refractivity contribution in [1.82, 2.24) is 9.80 Å². The zero-order valence-electron chi connectivity index (χ0n) is 13.6. The average Bonchev–Trinajstić information content (AvgIpc) is 3.05. The van der Waals surface area contributed by atoms with Crippen molar-refractivity contribution in [2.45, 2.75) is 50.7 Å². The molecule has 0 amide bonds. The van der Waals surface area contributed by atoms with Gasteiger partial charge in [-0.25, -0.2) is 8.78 Å². The Morgan fingerprint density at radius 1 is 1.13 bits per heavy atom. The van der Waals surface area contributed by atoms with Gasteiger partial charge in [-0.2, -0.15) is 0 Å². The summed E-state index contributed by atoms with van der Waals surface area (Å²) in [5.74, 6) is -1.00. The highest BCUT2D eigenvalue weighted by Gasteiger charge is 2.33. The molecule has 3 nitrogen and oxygen atoms in total. The summed E-state index contributed by atoms with van der Waals surface area (Å²) in [5.41, 5.74) is 0.545. The Bertz CT molecular complexity index is 520. The zero-order valence-corrected chi connectivity index (χ0v) is 13.6. The molecule has 0 spiro atoms. The fraction of sp³-hybridized carbons (Fsp3) is 0.667. The summed E-state index contributed by atoms with van der Waals surface area (Å²) >= 11 is 0. The van der Waals surface area contributed by atoms with Crippen LogP contribution in [0.1, 0.15) is 37.7 Å². The van der Waals surface area contributed by atoms with Gasteiger partial charge in [-0.3, -0.25) is 9.80 Å². The summed E-state index contributed by atoms with van der Waals surface area (Å²) in [7, 11) is 0. The third kappa shape index (κ3) is 4.08. The Balaban J connectivity index is 1.64. The number of halogens is 2. The molecule has 1 saturated heterocycles. The van der Waals surface area contributed by atoms with Crippen LogP contribution in [0.3, 0.4) is 0 Å². The van der Waals surface area contributed by atoms with Crippen LogP contribution in [-0.4, -0.2) is 53.2 Å². The predicted octanol–water partition coefficient (Wildman–Crippen LogP) is 2.78. The average molecular weight is 324 g/mol. The Hall–Kier alpha value is -1.04. The summed E-state index contributed by atoms with van der Waals surface area (Å²) in [6, 6.07) is 4.79. The first-order valence-electron chi connectivity index (χ1n) is 8.70. The molecule has 0 bridgehead atoms. The molecule has 0 aromatic heterocycles. The van der Waals surface area contributed by atoms with Crippen LogP contribution in [0.4, 0.5) is 8.78 Å². The quantitative estimate of drug-likeness (QED) is 0.902. The Morgan fingerprint density at radius 3 is 2.61 bits per heavy atom. The molecule has 23 heavy (non-hydrogen) atoms. The molecule has 1 aromatic rings. The van der Waals surface area contributed by atoms with Crippen LogP contribution in [0.25, 0.3) is 0 Å². The van der Waals surface area contributed by atoms with Crippen molar-refractivity contribution < 1.29 is 13.9 Å². The fourth-order valence-corrected chi connectivity index (χ4v) is 4.09. The van der Waals surface area contributed by atoms with Crippen LogP contribution >= 0.6 is 0 Å². The van der Waals surface area contributed by atoms with Gasteiger partial charge in [0.25, 0.3) is 0 Å². The standard InChI is InChI=1S/C18H26F2N2O/c19-15-6-5-14(18(20)11-15)12-21-8-9-22(16-3-1-2-4-16)17(13-21)7-10-23/h5-6,11,16-17,23H,1-4,7-10,12-13H2. The van der Waals surface area contributed by atoms with E-state index < -0.39 is 11.6 Å². The van der Waals surface area contributed by atoms with E-state index >= 15 is 0 Å². The second-order valence-corrected chi connectivity index (χ2v) is 6.81. The van der Waals surface area contributed by atoms with Crippen molar-refractivity contribution in [3.05, 3.63) is 35.4 Å². The van der Waals surface area contributed by atoms with Gasteiger partial charge in [0.05, 0.1) is 0 Å². The summed E-state index contributed by atoms with van der Waals surface area (Å²) in [5, 5.41) is 9.38. The smallest absolute Gasteiger partial charge is 0.130 e. The molecule has 1 unspecified atom stereocenters. The van der Waals surface area contributed by atoms with Crippen molar-refractivity contribution in [3.63, 3.8) is 0 Å². The van der Waals surface area contributed by atoms with Crippen LogP contribution in [-0.2, 0) is 6.54 Å². The third-order valence-corrected chi connectivity index (χ3v) is 5.28. The van der Waals surface area contributed by atoms with E-state index in [4.69, 9.17) is 0 Å². The Kier molecular flexibility index (Phi) is 5.62. The lowest BCUT2D eigenvalue weighted by Crippen LogP contribution is -2.56. The molecule has 1 aromatic carbocycles. The SMILES string of the molecule is OCCC1CN(Cc2ccc(F)cc2F)CCN1C1CCCC1. The second kappa shape index (κ2) is 7.69. The van der Waals surface area contributed by atoms with Crippen LogP contribution in [0.2, 0.25) is 0 Å². The minimum absolute atomic E-state index is 0.187. The largest absolute Gasteiger partial charge is 0.396 e. The molecule has 5 heteroatoms. The topological polar surface area (TPSA) is 26.7 Å². The molecule has 128 valence electrons. The van der Waals surface area contributed by atoms with Gasteiger partial charge in [0.15, 0.2) is 0 Å². The summed E-state index contributed by atoms with van der Waals surface area (Å²) < 4.78 is 26.9. The first-order valence-corrected chi connectivity index (χ1v) is 8.70. The maximum Gasteiger partial charge on any atom is 0.130 e. The number of nitrogens with zero attached hydrogens (tertiary/aromatic N) is 2. The molecule has 1 aliphatic carbocycles. The molecule has 0 radical (unpaired) electrons. The first-order chi connectivity index (χ1) is 11.2. The van der Waals surface area contributed by atoms with Crippen molar-refractivity contribution in [2.24, 2.45) is 0 Å². The van der Waals surface area contributed by atoms with Gasteiger partial charge >= 0.3 is 0 Å². The zero-order chi connectivity index (χ0) is 16.2. The molecule has 1 atom stereocenters. The van der Waals surface area contributed by atoms with Gasteiger partial charge in [-0.1, -0.05) is 18.9 Å². The van der Waals surface area contributed by atoms with E-state index in [2.05, 4.69) is 9.80 Å². The number of piperazine rings is 1. The summed E-state index contributed by atoms with van der Waals surface area (Å²) in [6.45, 7) is 3.40. The van der Waals surface area contributed by atoms with Crippen molar-refractivity contribution in [3.8, 4) is 0 Å². The van der Waals surface area contributed by atoms with Crippen molar-refractivity contribution >= 4 is 0 Å². The van der Waals surface area contributed by atoms with Crippen LogP contribution in [0.15, 0.2) is 18.2 Å². The summed E-state index contributed by atoms with van der Waals surface area (Å²) in [6.07, 6.45) is 5.89.